The second-order valence-corrected chi connectivity index (χ2v) is 6.77. The molecule has 0 heterocycles. The third-order valence-electron chi connectivity index (χ3n) is 4.36. The molecule has 0 aliphatic heterocycles. The maximum absolute atomic E-state index is 5.84. The van der Waals surface area contributed by atoms with Crippen LogP contribution in [0.3, 0.4) is 0 Å². The van der Waals surface area contributed by atoms with Gasteiger partial charge in [-0.25, -0.2) is 0 Å². The Balaban J connectivity index is 1.99. The van der Waals surface area contributed by atoms with E-state index in [9.17, 15) is 0 Å². The molecule has 0 radical (unpaired) electrons. The summed E-state index contributed by atoms with van der Waals surface area (Å²) in [6, 6.07) is 17.3. The quantitative estimate of drug-likeness (QED) is 0.645. The molecular weight excluding hydrogens is 324 g/mol. The zero-order chi connectivity index (χ0) is 14.9. The molecule has 1 aliphatic rings. The van der Waals surface area contributed by atoms with E-state index in [0.29, 0.717) is 11.4 Å². The van der Waals surface area contributed by atoms with Crippen LogP contribution in [0.5, 0.6) is 5.75 Å². The third kappa shape index (κ3) is 2.74. The molecule has 0 N–H and O–H groups in total. The van der Waals surface area contributed by atoms with Crippen molar-refractivity contribution in [3.05, 3.63) is 65.2 Å². The van der Waals surface area contributed by atoms with Crippen LogP contribution >= 0.6 is 15.9 Å². The second kappa shape index (κ2) is 5.84. The first-order valence-corrected chi connectivity index (χ1v) is 8.52. The lowest BCUT2D eigenvalue weighted by Gasteiger charge is -2.25. The van der Waals surface area contributed by atoms with Crippen LogP contribution < -0.4 is 4.74 Å². The van der Waals surface area contributed by atoms with Gasteiger partial charge in [-0.05, 0) is 38.3 Å². The van der Waals surface area contributed by atoms with Crippen molar-refractivity contribution in [2.75, 3.05) is 6.61 Å². The largest absolute Gasteiger partial charge is 0.494 e. The number of benzene rings is 2. The van der Waals surface area contributed by atoms with Gasteiger partial charge in [0.1, 0.15) is 5.75 Å². The monoisotopic (exact) mass is 344 g/mol. The van der Waals surface area contributed by atoms with E-state index in [4.69, 9.17) is 4.74 Å². The minimum absolute atomic E-state index is 0.223. The fourth-order valence-corrected chi connectivity index (χ4v) is 4.12. The number of ether oxygens (including phenoxy) is 1. The lowest BCUT2D eigenvalue weighted by Crippen LogP contribution is -2.15. The van der Waals surface area contributed by atoms with Crippen LogP contribution in [0.25, 0.3) is 0 Å². The lowest BCUT2D eigenvalue weighted by atomic mass is 9.88. The van der Waals surface area contributed by atoms with Gasteiger partial charge in [-0.2, -0.15) is 0 Å². The number of aryl methyl sites for hydroxylation is 1. The van der Waals surface area contributed by atoms with Crippen molar-refractivity contribution in [1.29, 1.82) is 0 Å². The van der Waals surface area contributed by atoms with Gasteiger partial charge in [0.25, 0.3) is 0 Å². The highest BCUT2D eigenvalue weighted by molar-refractivity contribution is 9.09. The Labute approximate surface area is 135 Å². The highest BCUT2D eigenvalue weighted by atomic mass is 79.9. The highest BCUT2D eigenvalue weighted by Gasteiger charge is 2.50. The zero-order valence-corrected chi connectivity index (χ0v) is 14.2. The average Bonchev–Trinajstić information content (AvgIpc) is 3.31. The number of alkyl halides is 1. The van der Waals surface area contributed by atoms with Gasteiger partial charge >= 0.3 is 0 Å². The van der Waals surface area contributed by atoms with Crippen LogP contribution in [-0.2, 0) is 5.41 Å². The zero-order valence-electron chi connectivity index (χ0n) is 12.6. The van der Waals surface area contributed by atoms with E-state index in [0.717, 1.165) is 5.75 Å². The fraction of sp³-hybridized carbons (Fsp3) is 0.368. The van der Waals surface area contributed by atoms with Gasteiger partial charge in [-0.3, -0.25) is 0 Å². The van der Waals surface area contributed by atoms with Crippen LogP contribution in [0.4, 0.5) is 0 Å². The molecule has 2 heteroatoms. The number of hydrogen-bond donors (Lipinski definition) is 0. The molecule has 1 nitrogen and oxygen atoms in total. The Kier molecular flexibility index (Phi) is 4.08. The summed E-state index contributed by atoms with van der Waals surface area (Å²) >= 11 is 3.98. The second-order valence-electron chi connectivity index (χ2n) is 5.86. The summed E-state index contributed by atoms with van der Waals surface area (Å²) in [5.74, 6) is 1.01. The van der Waals surface area contributed by atoms with Crippen molar-refractivity contribution in [3.63, 3.8) is 0 Å². The molecule has 1 saturated carbocycles. The molecule has 1 atom stereocenters. The molecule has 2 aromatic rings. The third-order valence-corrected chi connectivity index (χ3v) is 5.73. The molecule has 1 unspecified atom stereocenters. The van der Waals surface area contributed by atoms with Crippen molar-refractivity contribution in [2.45, 2.75) is 36.9 Å². The Morgan fingerprint density at radius 1 is 1.14 bits per heavy atom. The van der Waals surface area contributed by atoms with E-state index in [2.05, 4.69) is 71.4 Å². The molecular formula is C19H21BrO. The van der Waals surface area contributed by atoms with Gasteiger partial charge in [-0.15, -0.1) is 0 Å². The van der Waals surface area contributed by atoms with E-state index in [1.54, 1.807) is 0 Å². The topological polar surface area (TPSA) is 9.23 Å². The molecule has 0 saturated heterocycles. The molecule has 21 heavy (non-hydrogen) atoms. The molecule has 1 fully saturated rings. The Morgan fingerprint density at radius 2 is 1.86 bits per heavy atom. The van der Waals surface area contributed by atoms with Gasteiger partial charge in [-0.1, -0.05) is 64.0 Å². The first kappa shape index (κ1) is 14.6. The molecule has 3 rings (SSSR count). The normalized spacial score (nSPS) is 17.3. The van der Waals surface area contributed by atoms with Gasteiger partial charge < -0.3 is 4.74 Å². The van der Waals surface area contributed by atoms with Crippen LogP contribution in [0.1, 0.15) is 41.3 Å². The first-order chi connectivity index (χ1) is 10.2. The Bertz CT molecular complexity index is 617. The summed E-state index contributed by atoms with van der Waals surface area (Å²) in [7, 11) is 0. The smallest absolute Gasteiger partial charge is 0.123 e. The number of hydrogen-bond acceptors (Lipinski definition) is 1. The van der Waals surface area contributed by atoms with Crippen molar-refractivity contribution >= 4 is 15.9 Å². The molecule has 0 spiro atoms. The van der Waals surface area contributed by atoms with Crippen molar-refractivity contribution in [3.8, 4) is 5.75 Å². The Morgan fingerprint density at radius 3 is 2.48 bits per heavy atom. The minimum Gasteiger partial charge on any atom is -0.494 e. The summed E-state index contributed by atoms with van der Waals surface area (Å²) in [6.45, 7) is 4.88. The van der Waals surface area contributed by atoms with Gasteiger partial charge in [0.05, 0.1) is 11.4 Å². The van der Waals surface area contributed by atoms with Crippen molar-refractivity contribution in [2.24, 2.45) is 0 Å². The van der Waals surface area contributed by atoms with Crippen LogP contribution in [0.15, 0.2) is 48.5 Å². The molecule has 0 amide bonds. The molecule has 0 aromatic heterocycles. The SMILES string of the molecule is CCOc1ccc(C)cc1C(Br)C1(c2ccccc2)CC1. The standard InChI is InChI=1S/C19H21BrO/c1-3-21-17-10-9-14(2)13-16(17)18(20)19(11-12-19)15-7-5-4-6-8-15/h4-10,13,18H,3,11-12H2,1-2H3. The molecule has 2 aromatic carbocycles. The predicted octanol–water partition coefficient (Wildman–Crippen LogP) is 5.56. The molecule has 110 valence electrons. The predicted molar refractivity (Wildman–Crippen MR) is 91.4 cm³/mol. The summed E-state index contributed by atoms with van der Waals surface area (Å²) < 4.78 is 5.84. The first-order valence-electron chi connectivity index (χ1n) is 7.60. The van der Waals surface area contributed by atoms with Gasteiger partial charge in [0.15, 0.2) is 0 Å². The van der Waals surface area contributed by atoms with E-state index < -0.39 is 0 Å². The van der Waals surface area contributed by atoms with Gasteiger partial charge in [0, 0.05) is 11.0 Å². The summed E-state index contributed by atoms with van der Waals surface area (Å²) in [4.78, 5) is 0.300. The Hall–Kier alpha value is -1.28. The highest BCUT2D eigenvalue weighted by Crippen LogP contribution is 2.61. The van der Waals surface area contributed by atoms with Crippen LogP contribution in [-0.4, -0.2) is 6.61 Å². The minimum atomic E-state index is 0.223. The summed E-state index contributed by atoms with van der Waals surface area (Å²) in [6.07, 6.45) is 2.46. The number of halogens is 1. The van der Waals surface area contributed by atoms with E-state index in [-0.39, 0.29) is 5.41 Å². The maximum Gasteiger partial charge on any atom is 0.123 e. The summed E-state index contributed by atoms with van der Waals surface area (Å²) in [5.41, 5.74) is 4.21. The molecule has 1 aliphatic carbocycles. The van der Waals surface area contributed by atoms with Crippen molar-refractivity contribution in [1.82, 2.24) is 0 Å². The fourth-order valence-electron chi connectivity index (χ4n) is 3.04. The lowest BCUT2D eigenvalue weighted by molar-refractivity contribution is 0.335. The van der Waals surface area contributed by atoms with Crippen molar-refractivity contribution < 1.29 is 4.74 Å². The van der Waals surface area contributed by atoms with Crippen LogP contribution in [0, 0.1) is 6.92 Å². The maximum atomic E-state index is 5.84. The van der Waals surface area contributed by atoms with E-state index in [1.165, 1.54) is 29.5 Å². The average molecular weight is 345 g/mol. The molecule has 0 bridgehead atoms. The van der Waals surface area contributed by atoms with Gasteiger partial charge in [0.2, 0.25) is 0 Å². The summed E-state index contributed by atoms with van der Waals surface area (Å²) in [5, 5.41) is 0. The van der Waals surface area contributed by atoms with E-state index >= 15 is 0 Å². The van der Waals surface area contributed by atoms with E-state index in [1.807, 2.05) is 6.92 Å². The van der Waals surface area contributed by atoms with Crippen LogP contribution in [0.2, 0.25) is 0 Å². The number of rotatable bonds is 5.